The molecule has 148 valence electrons. The molecular formula is C19H25BrN2O5. The lowest BCUT2D eigenvalue weighted by Crippen LogP contribution is -2.51. The molecule has 2 atom stereocenters. The number of esters is 1. The molecular weight excluding hydrogens is 416 g/mol. The largest absolute Gasteiger partial charge is 0.490 e. The highest BCUT2D eigenvalue weighted by molar-refractivity contribution is 9.10. The van der Waals surface area contributed by atoms with E-state index in [-0.39, 0.29) is 5.70 Å². The standard InChI is InChI=1S/C19H25BrN2O5/c1-6-26-14-8-12(7-13(20)17(14)27-9-10(2)3)16-15(18(23)25-5)11(4)21-19(24)22-16/h7-8,10,15-16H,4,6,9H2,1-3,5H3,(H2,21,22,24)/t15-,16-/m1/s1. The SMILES string of the molecule is C=C1NC(=O)N[C@H](c2cc(Br)c(OCC(C)C)c(OCC)c2)[C@@H]1C(=O)OC. The predicted octanol–water partition coefficient (Wildman–Crippen LogP) is 3.54. The van der Waals surface area contributed by atoms with E-state index in [4.69, 9.17) is 14.2 Å². The molecule has 0 radical (unpaired) electrons. The van der Waals surface area contributed by atoms with Gasteiger partial charge in [-0.2, -0.15) is 0 Å². The number of nitrogens with one attached hydrogen (secondary N) is 2. The zero-order valence-electron chi connectivity index (χ0n) is 15.9. The third-order valence-corrected chi connectivity index (χ3v) is 4.57. The molecule has 1 fully saturated rings. The molecule has 0 aliphatic carbocycles. The number of carbonyl (C=O) groups is 2. The third kappa shape index (κ3) is 4.94. The second-order valence-electron chi connectivity index (χ2n) is 6.57. The summed E-state index contributed by atoms with van der Waals surface area (Å²) in [4.78, 5) is 24.2. The van der Waals surface area contributed by atoms with Crippen molar-refractivity contribution < 1.29 is 23.8 Å². The van der Waals surface area contributed by atoms with Crippen molar-refractivity contribution in [2.75, 3.05) is 20.3 Å². The first-order valence-corrected chi connectivity index (χ1v) is 9.50. The highest BCUT2D eigenvalue weighted by Crippen LogP contribution is 2.41. The second kappa shape index (κ2) is 9.12. The number of benzene rings is 1. The van der Waals surface area contributed by atoms with Crippen LogP contribution in [0.1, 0.15) is 32.4 Å². The highest BCUT2D eigenvalue weighted by Gasteiger charge is 2.39. The lowest BCUT2D eigenvalue weighted by Gasteiger charge is -2.33. The minimum Gasteiger partial charge on any atom is -0.490 e. The Bertz CT molecular complexity index is 735. The summed E-state index contributed by atoms with van der Waals surface area (Å²) in [5.74, 6) is 0.206. The van der Waals surface area contributed by atoms with Gasteiger partial charge in [0, 0.05) is 5.70 Å². The van der Waals surface area contributed by atoms with E-state index in [0.29, 0.717) is 40.7 Å². The van der Waals surface area contributed by atoms with E-state index in [9.17, 15) is 9.59 Å². The molecule has 27 heavy (non-hydrogen) atoms. The van der Waals surface area contributed by atoms with Crippen LogP contribution in [0.25, 0.3) is 0 Å². The van der Waals surface area contributed by atoms with Crippen molar-refractivity contribution in [3.8, 4) is 11.5 Å². The second-order valence-corrected chi connectivity index (χ2v) is 7.42. The van der Waals surface area contributed by atoms with Crippen molar-refractivity contribution in [2.24, 2.45) is 11.8 Å². The van der Waals surface area contributed by atoms with Gasteiger partial charge in [-0.25, -0.2) is 4.79 Å². The van der Waals surface area contributed by atoms with Crippen LogP contribution in [0, 0.1) is 11.8 Å². The summed E-state index contributed by atoms with van der Waals surface area (Å²) >= 11 is 3.52. The van der Waals surface area contributed by atoms with E-state index < -0.39 is 24.0 Å². The van der Waals surface area contributed by atoms with Crippen LogP contribution in [0.15, 0.2) is 28.9 Å². The number of ether oxygens (including phenoxy) is 3. The van der Waals surface area contributed by atoms with Crippen LogP contribution in [-0.2, 0) is 9.53 Å². The number of rotatable bonds is 7. The van der Waals surface area contributed by atoms with Gasteiger partial charge in [-0.3, -0.25) is 4.79 Å². The van der Waals surface area contributed by atoms with E-state index in [2.05, 4.69) is 47.0 Å². The zero-order valence-corrected chi connectivity index (χ0v) is 17.5. The number of halogens is 1. The Balaban J connectivity index is 2.47. The normalized spacial score (nSPS) is 19.3. The molecule has 1 aromatic carbocycles. The average Bonchev–Trinajstić information content (AvgIpc) is 2.59. The van der Waals surface area contributed by atoms with Gasteiger partial charge in [-0.15, -0.1) is 0 Å². The molecule has 1 aliphatic heterocycles. The molecule has 8 heteroatoms. The van der Waals surface area contributed by atoms with Gasteiger partial charge in [0.2, 0.25) is 0 Å². The Kier molecular flexibility index (Phi) is 7.12. The maximum Gasteiger partial charge on any atom is 0.319 e. The number of hydrogen-bond donors (Lipinski definition) is 2. The molecule has 1 aliphatic rings. The summed E-state index contributed by atoms with van der Waals surface area (Å²) < 4.78 is 17.2. The molecule has 0 spiro atoms. The van der Waals surface area contributed by atoms with E-state index in [1.807, 2.05) is 6.92 Å². The Labute approximate surface area is 167 Å². The molecule has 0 aromatic heterocycles. The smallest absolute Gasteiger partial charge is 0.319 e. The summed E-state index contributed by atoms with van der Waals surface area (Å²) in [6, 6.07) is 2.49. The quantitative estimate of drug-likeness (QED) is 0.633. The molecule has 7 nitrogen and oxygen atoms in total. The van der Waals surface area contributed by atoms with Crippen LogP contribution in [0.2, 0.25) is 0 Å². The monoisotopic (exact) mass is 440 g/mol. The van der Waals surface area contributed by atoms with Crippen LogP contribution in [0.4, 0.5) is 4.79 Å². The van der Waals surface area contributed by atoms with Gasteiger partial charge in [0.05, 0.1) is 30.8 Å². The number of methoxy groups -OCH3 is 1. The summed E-state index contributed by atoms with van der Waals surface area (Å²) in [5, 5.41) is 5.30. The molecule has 0 saturated carbocycles. The van der Waals surface area contributed by atoms with Crippen LogP contribution in [-0.4, -0.2) is 32.3 Å². The van der Waals surface area contributed by atoms with Crippen molar-refractivity contribution >= 4 is 27.9 Å². The van der Waals surface area contributed by atoms with Crippen LogP contribution in [0.3, 0.4) is 0 Å². The van der Waals surface area contributed by atoms with Crippen LogP contribution < -0.4 is 20.1 Å². The number of carbonyl (C=O) groups excluding carboxylic acids is 2. The lowest BCUT2D eigenvalue weighted by atomic mass is 9.89. The first kappa shape index (κ1) is 21.1. The maximum atomic E-state index is 12.3. The Morgan fingerprint density at radius 2 is 2.04 bits per heavy atom. The molecule has 1 saturated heterocycles. The fourth-order valence-corrected chi connectivity index (χ4v) is 3.36. The van der Waals surface area contributed by atoms with Gasteiger partial charge in [-0.05, 0) is 46.5 Å². The number of hydrogen-bond acceptors (Lipinski definition) is 5. The van der Waals surface area contributed by atoms with Crippen molar-refractivity contribution in [3.05, 3.63) is 34.4 Å². The van der Waals surface area contributed by atoms with Gasteiger partial charge in [0.25, 0.3) is 0 Å². The fraction of sp³-hybridized carbons (Fsp3) is 0.474. The first-order valence-electron chi connectivity index (χ1n) is 8.71. The first-order chi connectivity index (χ1) is 12.8. The van der Waals surface area contributed by atoms with Crippen molar-refractivity contribution in [2.45, 2.75) is 26.8 Å². The van der Waals surface area contributed by atoms with E-state index in [1.54, 1.807) is 12.1 Å². The van der Waals surface area contributed by atoms with Crippen molar-refractivity contribution in [3.63, 3.8) is 0 Å². The third-order valence-electron chi connectivity index (χ3n) is 3.98. The predicted molar refractivity (Wildman–Crippen MR) is 105 cm³/mol. The number of amides is 2. The summed E-state index contributed by atoms with van der Waals surface area (Å²) in [6.07, 6.45) is 0. The average molecular weight is 441 g/mol. The van der Waals surface area contributed by atoms with Gasteiger partial charge >= 0.3 is 12.0 Å². The molecule has 0 bridgehead atoms. The van der Waals surface area contributed by atoms with Crippen molar-refractivity contribution in [1.82, 2.24) is 10.6 Å². The van der Waals surface area contributed by atoms with E-state index >= 15 is 0 Å². The zero-order chi connectivity index (χ0) is 20.1. The Morgan fingerprint density at radius 1 is 1.33 bits per heavy atom. The summed E-state index contributed by atoms with van der Waals surface area (Å²) in [7, 11) is 1.30. The van der Waals surface area contributed by atoms with Gasteiger partial charge < -0.3 is 24.8 Å². The van der Waals surface area contributed by atoms with E-state index in [0.717, 1.165) is 0 Å². The van der Waals surface area contributed by atoms with E-state index in [1.165, 1.54) is 7.11 Å². The molecule has 0 unspecified atom stereocenters. The minimum absolute atomic E-state index is 0.282. The Morgan fingerprint density at radius 3 is 2.63 bits per heavy atom. The molecule has 1 heterocycles. The summed E-state index contributed by atoms with van der Waals surface area (Å²) in [6.45, 7) is 10.8. The van der Waals surface area contributed by atoms with Crippen LogP contribution >= 0.6 is 15.9 Å². The van der Waals surface area contributed by atoms with Crippen LogP contribution in [0.5, 0.6) is 11.5 Å². The topological polar surface area (TPSA) is 85.9 Å². The lowest BCUT2D eigenvalue weighted by molar-refractivity contribution is -0.145. The Hall–Kier alpha value is -2.22. The number of urea groups is 1. The van der Waals surface area contributed by atoms with Gasteiger partial charge in [0.1, 0.15) is 5.92 Å². The molecule has 2 rings (SSSR count). The minimum atomic E-state index is -0.767. The maximum absolute atomic E-state index is 12.3. The van der Waals surface area contributed by atoms with Crippen molar-refractivity contribution in [1.29, 1.82) is 0 Å². The summed E-state index contributed by atoms with van der Waals surface area (Å²) in [5.41, 5.74) is 0.957. The molecule has 2 N–H and O–H groups in total. The molecule has 2 amide bonds. The highest BCUT2D eigenvalue weighted by atomic mass is 79.9. The molecule has 1 aromatic rings. The van der Waals surface area contributed by atoms with Gasteiger partial charge in [-0.1, -0.05) is 20.4 Å². The fourth-order valence-electron chi connectivity index (χ4n) is 2.79. The van der Waals surface area contributed by atoms with Gasteiger partial charge in [0.15, 0.2) is 11.5 Å².